The summed E-state index contributed by atoms with van der Waals surface area (Å²) in [6.07, 6.45) is 1.79. The molecule has 0 radical (unpaired) electrons. The molecule has 7 nitrogen and oxygen atoms in total. The van der Waals surface area contributed by atoms with Crippen molar-refractivity contribution in [2.75, 3.05) is 22.5 Å². The van der Waals surface area contributed by atoms with E-state index in [-0.39, 0.29) is 17.6 Å². The van der Waals surface area contributed by atoms with Crippen LogP contribution in [0.25, 0.3) is 0 Å². The molecule has 0 unspecified atom stereocenters. The van der Waals surface area contributed by atoms with Crippen LogP contribution in [0.3, 0.4) is 0 Å². The Hall–Kier alpha value is -3.60. The van der Waals surface area contributed by atoms with E-state index in [1.54, 1.807) is 30.3 Å². The Morgan fingerprint density at radius 1 is 1.23 bits per heavy atom. The van der Waals surface area contributed by atoms with E-state index in [0.717, 1.165) is 0 Å². The lowest BCUT2D eigenvalue weighted by Crippen LogP contribution is -2.41. The maximum atomic E-state index is 13.2. The van der Waals surface area contributed by atoms with Gasteiger partial charge in [0.15, 0.2) is 0 Å². The van der Waals surface area contributed by atoms with Crippen molar-refractivity contribution in [2.45, 2.75) is 31.3 Å². The molecule has 30 heavy (non-hydrogen) atoms. The first-order valence-corrected chi connectivity index (χ1v) is 9.76. The lowest BCUT2D eigenvalue weighted by Gasteiger charge is -2.34. The number of ether oxygens (including phenoxy) is 1. The number of rotatable bonds is 3. The fraction of sp³-hybridized carbons (Fsp3) is 0.318. The van der Waals surface area contributed by atoms with Crippen LogP contribution in [0, 0.1) is 23.1 Å². The molecule has 0 atom stereocenters. The number of carbonyl (C=O) groups is 2. The molecule has 4 rings (SSSR count). The lowest BCUT2D eigenvalue weighted by molar-refractivity contribution is -0.122. The Labute approximate surface area is 173 Å². The van der Waals surface area contributed by atoms with Gasteiger partial charge in [-0.25, -0.2) is 9.18 Å². The SMILES string of the molecule is N#Cc1ccc(N)c(NC(=O)[C@H]2CC[C@]3(CC2)CN(c2ccc(F)cc2)C(=O)O3)c1. The van der Waals surface area contributed by atoms with Crippen LogP contribution >= 0.6 is 0 Å². The van der Waals surface area contributed by atoms with Crippen molar-refractivity contribution in [3.63, 3.8) is 0 Å². The zero-order valence-corrected chi connectivity index (χ0v) is 16.2. The summed E-state index contributed by atoms with van der Waals surface area (Å²) in [5.74, 6) is -0.765. The van der Waals surface area contributed by atoms with Gasteiger partial charge in [0, 0.05) is 11.6 Å². The van der Waals surface area contributed by atoms with E-state index in [1.165, 1.54) is 17.0 Å². The minimum absolute atomic E-state index is 0.161. The first kappa shape index (κ1) is 19.7. The maximum Gasteiger partial charge on any atom is 0.415 e. The van der Waals surface area contributed by atoms with Crippen molar-refractivity contribution >= 4 is 29.1 Å². The summed E-state index contributed by atoms with van der Waals surface area (Å²) >= 11 is 0. The van der Waals surface area contributed by atoms with Gasteiger partial charge in [0.05, 0.1) is 29.6 Å². The molecular weight excluding hydrogens is 387 g/mol. The second kappa shape index (κ2) is 7.67. The lowest BCUT2D eigenvalue weighted by atomic mass is 9.78. The average molecular weight is 408 g/mol. The molecule has 1 saturated heterocycles. The van der Waals surface area contributed by atoms with E-state index in [0.29, 0.717) is 54.9 Å². The van der Waals surface area contributed by atoms with Gasteiger partial charge >= 0.3 is 6.09 Å². The van der Waals surface area contributed by atoms with Gasteiger partial charge in [0.1, 0.15) is 11.4 Å². The van der Waals surface area contributed by atoms with E-state index in [4.69, 9.17) is 15.7 Å². The number of hydrogen-bond acceptors (Lipinski definition) is 5. The highest BCUT2D eigenvalue weighted by molar-refractivity contribution is 5.96. The third-order valence-corrected chi connectivity index (χ3v) is 5.82. The predicted octanol–water partition coefficient (Wildman–Crippen LogP) is 3.80. The largest absolute Gasteiger partial charge is 0.441 e. The van der Waals surface area contributed by atoms with E-state index in [2.05, 4.69) is 5.32 Å². The summed E-state index contributed by atoms with van der Waals surface area (Å²) < 4.78 is 18.9. The molecular formula is C22H21FN4O3. The van der Waals surface area contributed by atoms with Gasteiger partial charge in [0.2, 0.25) is 5.91 Å². The fourth-order valence-electron chi connectivity index (χ4n) is 4.08. The smallest absolute Gasteiger partial charge is 0.415 e. The summed E-state index contributed by atoms with van der Waals surface area (Å²) in [5, 5.41) is 11.8. The van der Waals surface area contributed by atoms with Crippen molar-refractivity contribution < 1.29 is 18.7 Å². The quantitative estimate of drug-likeness (QED) is 0.751. The standard InChI is InChI=1S/C22H21FN4O3/c23-16-2-4-17(5-3-16)27-13-22(30-21(27)29)9-7-15(8-10-22)20(28)26-19-11-14(12-24)1-6-18(19)25/h1-6,11,15H,7-10,13,25H2,(H,26,28)/t15-,22-. The summed E-state index contributed by atoms with van der Waals surface area (Å²) in [4.78, 5) is 26.6. The second-order valence-corrected chi connectivity index (χ2v) is 7.79. The average Bonchev–Trinajstić information content (AvgIpc) is 3.06. The second-order valence-electron chi connectivity index (χ2n) is 7.79. The highest BCUT2D eigenvalue weighted by Gasteiger charge is 2.48. The first-order valence-electron chi connectivity index (χ1n) is 9.76. The molecule has 1 saturated carbocycles. The first-order chi connectivity index (χ1) is 14.4. The monoisotopic (exact) mass is 408 g/mol. The zero-order valence-electron chi connectivity index (χ0n) is 16.2. The van der Waals surface area contributed by atoms with Crippen molar-refractivity contribution in [1.29, 1.82) is 5.26 Å². The van der Waals surface area contributed by atoms with Crippen molar-refractivity contribution in [3.05, 3.63) is 53.8 Å². The molecule has 1 aliphatic heterocycles. The molecule has 1 heterocycles. The van der Waals surface area contributed by atoms with Gasteiger partial charge in [-0.1, -0.05) is 0 Å². The van der Waals surface area contributed by atoms with Crippen molar-refractivity contribution in [1.82, 2.24) is 0 Å². The van der Waals surface area contributed by atoms with Crippen LogP contribution in [-0.2, 0) is 9.53 Å². The van der Waals surface area contributed by atoms with E-state index in [9.17, 15) is 14.0 Å². The maximum absolute atomic E-state index is 13.2. The molecule has 2 amide bonds. The van der Waals surface area contributed by atoms with E-state index >= 15 is 0 Å². The van der Waals surface area contributed by atoms with E-state index < -0.39 is 11.7 Å². The number of halogens is 1. The van der Waals surface area contributed by atoms with Crippen LogP contribution in [0.4, 0.5) is 26.2 Å². The van der Waals surface area contributed by atoms with Crippen molar-refractivity contribution in [2.24, 2.45) is 5.92 Å². The van der Waals surface area contributed by atoms with Gasteiger partial charge in [-0.15, -0.1) is 0 Å². The third-order valence-electron chi connectivity index (χ3n) is 5.82. The predicted molar refractivity (Wildman–Crippen MR) is 109 cm³/mol. The minimum atomic E-state index is -0.637. The third kappa shape index (κ3) is 3.79. The van der Waals surface area contributed by atoms with Crippen LogP contribution in [0.1, 0.15) is 31.2 Å². The molecule has 8 heteroatoms. The van der Waals surface area contributed by atoms with Crippen LogP contribution in [0.2, 0.25) is 0 Å². The Morgan fingerprint density at radius 2 is 1.93 bits per heavy atom. The topological polar surface area (TPSA) is 108 Å². The molecule has 0 bridgehead atoms. The Bertz CT molecular complexity index is 1020. The molecule has 1 aliphatic carbocycles. The molecule has 154 valence electrons. The van der Waals surface area contributed by atoms with Crippen LogP contribution in [0.15, 0.2) is 42.5 Å². The number of amides is 2. The van der Waals surface area contributed by atoms with Gasteiger partial charge in [0.25, 0.3) is 0 Å². The van der Waals surface area contributed by atoms with Gasteiger partial charge in [-0.05, 0) is 68.1 Å². The highest BCUT2D eigenvalue weighted by Crippen LogP contribution is 2.41. The van der Waals surface area contributed by atoms with Gasteiger partial charge in [-0.3, -0.25) is 9.69 Å². The molecule has 2 aromatic carbocycles. The summed E-state index contributed by atoms with van der Waals surface area (Å²) in [6.45, 7) is 0.378. The number of anilines is 3. The molecule has 0 aromatic heterocycles. The number of nitrogens with two attached hydrogens (primary N) is 1. The van der Waals surface area contributed by atoms with Gasteiger partial charge < -0.3 is 15.8 Å². The number of nitrogens with one attached hydrogen (secondary N) is 1. The Balaban J connectivity index is 1.39. The minimum Gasteiger partial charge on any atom is -0.441 e. The normalized spacial score (nSPS) is 23.1. The molecule has 1 spiro atoms. The van der Waals surface area contributed by atoms with E-state index in [1.807, 2.05) is 6.07 Å². The van der Waals surface area contributed by atoms with Gasteiger partial charge in [-0.2, -0.15) is 5.26 Å². The number of nitrogen functional groups attached to an aromatic ring is 1. The number of nitriles is 1. The number of nitrogens with zero attached hydrogens (tertiary/aromatic N) is 2. The number of carbonyl (C=O) groups excluding carboxylic acids is 2. The highest BCUT2D eigenvalue weighted by atomic mass is 19.1. The Morgan fingerprint density at radius 3 is 2.60 bits per heavy atom. The number of hydrogen-bond donors (Lipinski definition) is 2. The summed E-state index contributed by atoms with van der Waals surface area (Å²) in [6, 6.07) is 12.5. The summed E-state index contributed by atoms with van der Waals surface area (Å²) in [7, 11) is 0. The van der Waals surface area contributed by atoms with Crippen LogP contribution in [0.5, 0.6) is 0 Å². The zero-order chi connectivity index (χ0) is 21.3. The van der Waals surface area contributed by atoms with Crippen LogP contribution < -0.4 is 16.0 Å². The van der Waals surface area contributed by atoms with Crippen molar-refractivity contribution in [3.8, 4) is 6.07 Å². The summed E-state index contributed by atoms with van der Waals surface area (Å²) in [5.41, 5.74) is 7.09. The molecule has 2 fully saturated rings. The Kier molecular flexibility index (Phi) is 5.04. The molecule has 2 aliphatic rings. The number of benzene rings is 2. The fourth-order valence-corrected chi connectivity index (χ4v) is 4.08. The molecule has 2 aromatic rings. The molecule has 3 N–H and O–H groups in total. The van der Waals surface area contributed by atoms with Crippen LogP contribution in [-0.4, -0.2) is 24.1 Å².